The summed E-state index contributed by atoms with van der Waals surface area (Å²) in [5, 5.41) is 11.1. The fourth-order valence-electron chi connectivity index (χ4n) is 2.66. The van der Waals surface area contributed by atoms with Crippen LogP contribution in [-0.2, 0) is 0 Å². The number of hydrogen-bond donors (Lipinski definition) is 1. The van der Waals surface area contributed by atoms with Gasteiger partial charge in [-0.05, 0) is 57.5 Å². The van der Waals surface area contributed by atoms with Crippen molar-refractivity contribution in [1.82, 2.24) is 15.0 Å². The van der Waals surface area contributed by atoms with Gasteiger partial charge in [-0.15, -0.1) is 5.10 Å². The number of nitrogens with one attached hydrogen (secondary N) is 1. The van der Waals surface area contributed by atoms with E-state index in [2.05, 4.69) is 15.6 Å². The predicted octanol–water partition coefficient (Wildman–Crippen LogP) is 3.84. The van der Waals surface area contributed by atoms with E-state index in [0.29, 0.717) is 23.7 Å². The van der Waals surface area contributed by atoms with E-state index < -0.39 is 0 Å². The zero-order valence-electron chi connectivity index (χ0n) is 15.4. The Hall–Kier alpha value is -3.15. The van der Waals surface area contributed by atoms with Crippen LogP contribution >= 0.6 is 0 Å². The van der Waals surface area contributed by atoms with Crippen molar-refractivity contribution in [3.8, 4) is 11.4 Å². The van der Waals surface area contributed by atoms with Crippen LogP contribution in [0.1, 0.15) is 34.2 Å². The van der Waals surface area contributed by atoms with Crippen molar-refractivity contribution in [3.05, 3.63) is 65.0 Å². The third-order valence-electron chi connectivity index (χ3n) is 4.07. The summed E-state index contributed by atoms with van der Waals surface area (Å²) in [6.07, 6.45) is 0. The Kier molecular flexibility index (Phi) is 5.02. The average Bonchev–Trinajstić information content (AvgIpc) is 3.00. The van der Waals surface area contributed by atoms with Crippen LogP contribution in [0.4, 0.5) is 5.69 Å². The lowest BCUT2D eigenvalue weighted by molar-refractivity contribution is 0.102. The highest BCUT2D eigenvalue weighted by atomic mass is 16.5. The van der Waals surface area contributed by atoms with Gasteiger partial charge in [0.1, 0.15) is 5.75 Å². The van der Waals surface area contributed by atoms with Gasteiger partial charge < -0.3 is 10.1 Å². The van der Waals surface area contributed by atoms with Gasteiger partial charge >= 0.3 is 0 Å². The largest absolute Gasteiger partial charge is 0.492 e. The highest BCUT2D eigenvalue weighted by molar-refractivity contribution is 6.04. The Morgan fingerprint density at radius 1 is 1.08 bits per heavy atom. The van der Waals surface area contributed by atoms with Gasteiger partial charge in [-0.25, -0.2) is 4.68 Å². The van der Waals surface area contributed by atoms with Crippen molar-refractivity contribution in [3.63, 3.8) is 0 Å². The lowest BCUT2D eigenvalue weighted by atomic mass is 10.2. The molecule has 0 saturated carbocycles. The van der Waals surface area contributed by atoms with E-state index in [-0.39, 0.29) is 11.6 Å². The Morgan fingerprint density at radius 2 is 1.77 bits per heavy atom. The second-order valence-electron chi connectivity index (χ2n) is 6.16. The fraction of sp³-hybridized carbons (Fsp3) is 0.250. The Morgan fingerprint density at radius 3 is 2.46 bits per heavy atom. The monoisotopic (exact) mass is 350 g/mol. The van der Waals surface area contributed by atoms with Crippen LogP contribution < -0.4 is 10.1 Å². The standard InChI is InChI=1S/C20H22N4O2/c1-5-26-18-12-14(3)8-11-17(18)21-20(25)19-15(4)24(23-22-19)16-9-6-13(2)7-10-16/h6-12H,5H2,1-4H3,(H,21,25). The Bertz CT molecular complexity index is 929. The first kappa shape index (κ1) is 17.7. The summed E-state index contributed by atoms with van der Waals surface area (Å²) < 4.78 is 7.27. The van der Waals surface area contributed by atoms with E-state index in [1.54, 1.807) is 4.68 Å². The third-order valence-corrected chi connectivity index (χ3v) is 4.07. The molecule has 0 aliphatic rings. The maximum Gasteiger partial charge on any atom is 0.278 e. The van der Waals surface area contributed by atoms with Crippen molar-refractivity contribution in [2.24, 2.45) is 0 Å². The van der Waals surface area contributed by atoms with Crippen LogP contribution in [0.2, 0.25) is 0 Å². The molecule has 0 bridgehead atoms. The molecule has 0 unspecified atom stereocenters. The first-order valence-electron chi connectivity index (χ1n) is 8.53. The van der Waals surface area contributed by atoms with Crippen LogP contribution in [-0.4, -0.2) is 27.5 Å². The molecule has 3 aromatic rings. The van der Waals surface area contributed by atoms with E-state index in [0.717, 1.165) is 16.8 Å². The molecule has 134 valence electrons. The lowest BCUT2D eigenvalue weighted by Gasteiger charge is -2.12. The number of amides is 1. The SMILES string of the molecule is CCOc1cc(C)ccc1NC(=O)c1nnn(-c2ccc(C)cc2)c1C. The molecule has 0 radical (unpaired) electrons. The van der Waals surface area contributed by atoms with Gasteiger partial charge in [0.25, 0.3) is 5.91 Å². The molecule has 1 amide bonds. The third kappa shape index (κ3) is 3.59. The maximum atomic E-state index is 12.7. The normalized spacial score (nSPS) is 10.6. The van der Waals surface area contributed by atoms with Crippen molar-refractivity contribution in [2.45, 2.75) is 27.7 Å². The van der Waals surface area contributed by atoms with Crippen molar-refractivity contribution in [2.75, 3.05) is 11.9 Å². The molecule has 2 aromatic carbocycles. The summed E-state index contributed by atoms with van der Waals surface area (Å²) in [7, 11) is 0. The van der Waals surface area contributed by atoms with Crippen molar-refractivity contribution >= 4 is 11.6 Å². The number of hydrogen-bond acceptors (Lipinski definition) is 4. The molecule has 0 fully saturated rings. The first-order chi connectivity index (χ1) is 12.5. The Labute approximate surface area is 152 Å². The molecule has 6 heteroatoms. The zero-order valence-corrected chi connectivity index (χ0v) is 15.4. The number of rotatable bonds is 5. The molecule has 3 rings (SSSR count). The Balaban J connectivity index is 1.87. The zero-order chi connectivity index (χ0) is 18.7. The number of benzene rings is 2. The molecule has 26 heavy (non-hydrogen) atoms. The first-order valence-corrected chi connectivity index (χ1v) is 8.53. The van der Waals surface area contributed by atoms with Gasteiger partial charge in [0.2, 0.25) is 0 Å². The summed E-state index contributed by atoms with van der Waals surface area (Å²) in [4.78, 5) is 12.7. The highest BCUT2D eigenvalue weighted by Gasteiger charge is 2.19. The van der Waals surface area contributed by atoms with E-state index in [1.807, 2.05) is 70.2 Å². The topological polar surface area (TPSA) is 69.0 Å². The smallest absolute Gasteiger partial charge is 0.278 e. The molecule has 1 heterocycles. The lowest BCUT2D eigenvalue weighted by Crippen LogP contribution is -2.15. The van der Waals surface area contributed by atoms with Gasteiger partial charge in [0.15, 0.2) is 5.69 Å². The quantitative estimate of drug-likeness (QED) is 0.759. The molecule has 0 spiro atoms. The number of aromatic nitrogens is 3. The van der Waals surface area contributed by atoms with Crippen LogP contribution in [0.5, 0.6) is 5.75 Å². The van der Waals surface area contributed by atoms with E-state index in [9.17, 15) is 4.79 Å². The van der Waals surface area contributed by atoms with Crippen molar-refractivity contribution < 1.29 is 9.53 Å². The van der Waals surface area contributed by atoms with Gasteiger partial charge in [-0.1, -0.05) is 29.0 Å². The fourth-order valence-corrected chi connectivity index (χ4v) is 2.66. The molecule has 0 atom stereocenters. The maximum absolute atomic E-state index is 12.7. The minimum atomic E-state index is -0.314. The van der Waals surface area contributed by atoms with E-state index >= 15 is 0 Å². The highest BCUT2D eigenvalue weighted by Crippen LogP contribution is 2.26. The molecule has 1 N–H and O–H groups in total. The number of ether oxygens (including phenoxy) is 1. The second-order valence-corrected chi connectivity index (χ2v) is 6.16. The number of aryl methyl sites for hydroxylation is 2. The van der Waals surface area contributed by atoms with Gasteiger partial charge in [-0.2, -0.15) is 0 Å². The summed E-state index contributed by atoms with van der Waals surface area (Å²) in [6, 6.07) is 13.5. The van der Waals surface area contributed by atoms with Gasteiger partial charge in [0, 0.05) is 0 Å². The summed E-state index contributed by atoms with van der Waals surface area (Å²) in [5.41, 5.74) is 4.67. The van der Waals surface area contributed by atoms with Gasteiger partial charge in [-0.3, -0.25) is 4.79 Å². The molecule has 0 aliphatic carbocycles. The molecule has 6 nitrogen and oxygen atoms in total. The number of nitrogens with zero attached hydrogens (tertiary/aromatic N) is 3. The summed E-state index contributed by atoms with van der Waals surface area (Å²) in [6.45, 7) is 8.26. The van der Waals surface area contributed by atoms with Gasteiger partial charge in [0.05, 0.1) is 23.7 Å². The molecular formula is C20H22N4O2. The van der Waals surface area contributed by atoms with E-state index in [1.165, 1.54) is 0 Å². The summed E-state index contributed by atoms with van der Waals surface area (Å²) in [5.74, 6) is 0.329. The van der Waals surface area contributed by atoms with Crippen LogP contribution in [0.15, 0.2) is 42.5 Å². The number of carbonyl (C=O) groups excluding carboxylic acids is 1. The second kappa shape index (κ2) is 7.39. The number of anilines is 1. The number of carbonyl (C=O) groups is 1. The molecule has 1 aromatic heterocycles. The van der Waals surface area contributed by atoms with Crippen LogP contribution in [0.3, 0.4) is 0 Å². The molecule has 0 saturated heterocycles. The minimum Gasteiger partial charge on any atom is -0.492 e. The van der Waals surface area contributed by atoms with Crippen LogP contribution in [0, 0.1) is 20.8 Å². The van der Waals surface area contributed by atoms with E-state index in [4.69, 9.17) is 4.74 Å². The molecular weight excluding hydrogens is 328 g/mol. The predicted molar refractivity (Wildman–Crippen MR) is 101 cm³/mol. The van der Waals surface area contributed by atoms with Crippen LogP contribution in [0.25, 0.3) is 5.69 Å². The van der Waals surface area contributed by atoms with Crippen molar-refractivity contribution in [1.29, 1.82) is 0 Å². The molecule has 0 aliphatic heterocycles. The summed E-state index contributed by atoms with van der Waals surface area (Å²) >= 11 is 0. The average molecular weight is 350 g/mol. The minimum absolute atomic E-state index is 0.286.